The number of amides is 2. The Bertz CT molecular complexity index is 663. The number of nitrogens with zero attached hydrogens (tertiary/aromatic N) is 1. The summed E-state index contributed by atoms with van der Waals surface area (Å²) in [6.07, 6.45) is 4.81. The number of para-hydroxylation sites is 2. The zero-order chi connectivity index (χ0) is 16.1. The van der Waals surface area contributed by atoms with Crippen molar-refractivity contribution in [3.8, 4) is 5.75 Å². The van der Waals surface area contributed by atoms with Crippen molar-refractivity contribution < 1.29 is 14.1 Å². The lowest BCUT2D eigenvalue weighted by Gasteiger charge is -2.17. The second-order valence-corrected chi connectivity index (χ2v) is 5.76. The van der Waals surface area contributed by atoms with E-state index in [1.165, 1.54) is 12.8 Å². The van der Waals surface area contributed by atoms with Crippen molar-refractivity contribution in [1.29, 1.82) is 0 Å². The van der Waals surface area contributed by atoms with Crippen LogP contribution in [0.1, 0.15) is 37.1 Å². The van der Waals surface area contributed by atoms with Crippen LogP contribution in [0, 0.1) is 6.92 Å². The van der Waals surface area contributed by atoms with Gasteiger partial charge in [0.15, 0.2) is 0 Å². The Balaban J connectivity index is 1.57. The number of hydrogen-bond donors (Lipinski definition) is 2. The number of anilines is 1. The molecule has 6 heteroatoms. The third kappa shape index (κ3) is 4.25. The van der Waals surface area contributed by atoms with E-state index in [0.29, 0.717) is 23.7 Å². The molecule has 1 heterocycles. The van der Waals surface area contributed by atoms with E-state index < -0.39 is 0 Å². The summed E-state index contributed by atoms with van der Waals surface area (Å²) in [6, 6.07) is 8.99. The van der Waals surface area contributed by atoms with Crippen LogP contribution >= 0.6 is 0 Å². The van der Waals surface area contributed by atoms with Crippen molar-refractivity contribution in [2.75, 3.05) is 5.32 Å². The number of nitrogens with one attached hydrogen (secondary N) is 2. The van der Waals surface area contributed by atoms with E-state index in [1.54, 1.807) is 6.07 Å². The molecule has 23 heavy (non-hydrogen) atoms. The minimum Gasteiger partial charge on any atom is -0.488 e. The van der Waals surface area contributed by atoms with Crippen molar-refractivity contribution in [3.63, 3.8) is 0 Å². The number of benzene rings is 1. The first kappa shape index (κ1) is 15.4. The van der Waals surface area contributed by atoms with Crippen molar-refractivity contribution in [2.24, 2.45) is 0 Å². The third-order valence-electron chi connectivity index (χ3n) is 3.84. The highest BCUT2D eigenvalue weighted by Gasteiger charge is 2.18. The Morgan fingerprint density at radius 3 is 2.87 bits per heavy atom. The van der Waals surface area contributed by atoms with Crippen LogP contribution in [0.25, 0.3) is 0 Å². The van der Waals surface area contributed by atoms with Gasteiger partial charge in [-0.25, -0.2) is 4.79 Å². The molecule has 2 aromatic rings. The number of urea groups is 1. The van der Waals surface area contributed by atoms with E-state index in [2.05, 4.69) is 15.8 Å². The summed E-state index contributed by atoms with van der Waals surface area (Å²) in [5.41, 5.74) is 1.36. The fourth-order valence-corrected chi connectivity index (χ4v) is 2.70. The molecule has 0 spiro atoms. The fourth-order valence-electron chi connectivity index (χ4n) is 2.70. The lowest BCUT2D eigenvalue weighted by atomic mass is 10.2. The molecule has 1 aromatic heterocycles. The molecule has 6 nitrogen and oxygen atoms in total. The quantitative estimate of drug-likeness (QED) is 0.883. The summed E-state index contributed by atoms with van der Waals surface area (Å²) in [6.45, 7) is 2.13. The Morgan fingerprint density at radius 2 is 2.13 bits per heavy atom. The Hall–Kier alpha value is -2.50. The molecule has 0 radical (unpaired) electrons. The molecule has 0 saturated heterocycles. The first-order valence-electron chi connectivity index (χ1n) is 7.93. The van der Waals surface area contributed by atoms with Gasteiger partial charge in [-0.2, -0.15) is 0 Å². The van der Waals surface area contributed by atoms with Crippen molar-refractivity contribution in [3.05, 3.63) is 41.8 Å². The van der Waals surface area contributed by atoms with Crippen LogP contribution < -0.4 is 15.4 Å². The van der Waals surface area contributed by atoms with Gasteiger partial charge in [0.1, 0.15) is 17.2 Å². The highest BCUT2D eigenvalue weighted by molar-refractivity contribution is 5.90. The van der Waals surface area contributed by atoms with Gasteiger partial charge >= 0.3 is 6.03 Å². The van der Waals surface area contributed by atoms with Gasteiger partial charge in [0, 0.05) is 6.07 Å². The first-order chi connectivity index (χ1) is 11.2. The lowest BCUT2D eigenvalue weighted by molar-refractivity contribution is 0.211. The molecule has 0 aliphatic heterocycles. The maximum atomic E-state index is 12.0. The van der Waals surface area contributed by atoms with Crippen LogP contribution in [0.3, 0.4) is 0 Å². The molecular weight excluding hydrogens is 294 g/mol. The van der Waals surface area contributed by atoms with Gasteiger partial charge in [0.25, 0.3) is 0 Å². The van der Waals surface area contributed by atoms with E-state index in [9.17, 15) is 4.79 Å². The Labute approximate surface area is 135 Å². The van der Waals surface area contributed by atoms with Gasteiger partial charge in [-0.15, -0.1) is 0 Å². The highest BCUT2D eigenvalue weighted by atomic mass is 16.5. The summed E-state index contributed by atoms with van der Waals surface area (Å²) >= 11 is 0. The molecule has 2 N–H and O–H groups in total. The van der Waals surface area contributed by atoms with Gasteiger partial charge in [-0.05, 0) is 44.7 Å². The molecule has 0 unspecified atom stereocenters. The second-order valence-electron chi connectivity index (χ2n) is 5.76. The predicted octanol–water partition coefficient (Wildman–Crippen LogP) is 3.63. The van der Waals surface area contributed by atoms with E-state index in [4.69, 9.17) is 9.26 Å². The van der Waals surface area contributed by atoms with E-state index in [-0.39, 0.29) is 12.1 Å². The zero-order valence-corrected chi connectivity index (χ0v) is 13.2. The minimum absolute atomic E-state index is 0.249. The van der Waals surface area contributed by atoms with E-state index >= 15 is 0 Å². The van der Waals surface area contributed by atoms with Gasteiger partial charge in [0.05, 0.1) is 18.3 Å². The van der Waals surface area contributed by atoms with E-state index in [0.717, 1.165) is 18.6 Å². The normalized spacial score (nSPS) is 14.7. The lowest BCUT2D eigenvalue weighted by Crippen LogP contribution is -2.28. The molecule has 1 saturated carbocycles. The molecular formula is C17H21N3O3. The highest BCUT2D eigenvalue weighted by Crippen LogP contribution is 2.29. The van der Waals surface area contributed by atoms with Crippen LogP contribution in [0.5, 0.6) is 5.75 Å². The molecule has 3 rings (SSSR count). The smallest absolute Gasteiger partial charge is 0.319 e. The first-order valence-corrected chi connectivity index (χ1v) is 7.93. The molecule has 0 atom stereocenters. The van der Waals surface area contributed by atoms with Crippen molar-refractivity contribution in [2.45, 2.75) is 45.3 Å². The number of aromatic nitrogens is 1. The minimum atomic E-state index is -0.298. The van der Waals surface area contributed by atoms with Gasteiger partial charge in [-0.3, -0.25) is 0 Å². The number of hydrogen-bond acceptors (Lipinski definition) is 4. The number of carbonyl (C=O) groups excluding carboxylic acids is 1. The average Bonchev–Trinajstić information content (AvgIpc) is 3.19. The van der Waals surface area contributed by atoms with Crippen molar-refractivity contribution in [1.82, 2.24) is 10.5 Å². The zero-order valence-electron chi connectivity index (χ0n) is 13.2. The molecule has 0 bridgehead atoms. The molecule has 1 aliphatic carbocycles. The van der Waals surface area contributed by atoms with Crippen LogP contribution in [0.4, 0.5) is 10.5 Å². The number of aryl methyl sites for hydroxylation is 1. The number of ether oxygens (including phenoxy) is 1. The largest absolute Gasteiger partial charge is 0.488 e. The number of rotatable bonds is 5. The SMILES string of the molecule is Cc1cc(CNC(=O)Nc2ccccc2OC2CCCC2)no1. The topological polar surface area (TPSA) is 76.4 Å². The molecule has 2 amide bonds. The maximum absolute atomic E-state index is 12.0. The van der Waals surface area contributed by atoms with Crippen LogP contribution in [0.15, 0.2) is 34.9 Å². The summed E-state index contributed by atoms with van der Waals surface area (Å²) in [7, 11) is 0. The van der Waals surface area contributed by atoms with Crippen molar-refractivity contribution >= 4 is 11.7 Å². The van der Waals surface area contributed by atoms with Gasteiger partial charge in [0.2, 0.25) is 0 Å². The molecule has 1 aromatic carbocycles. The molecule has 1 fully saturated rings. The Kier molecular flexibility index (Phi) is 4.80. The van der Waals surface area contributed by atoms with Gasteiger partial charge < -0.3 is 19.9 Å². The fraction of sp³-hybridized carbons (Fsp3) is 0.412. The molecule has 1 aliphatic rings. The Morgan fingerprint density at radius 1 is 1.35 bits per heavy atom. The summed E-state index contributed by atoms with van der Waals surface area (Å²) in [5, 5.41) is 9.42. The summed E-state index contributed by atoms with van der Waals surface area (Å²) in [5.74, 6) is 1.43. The van der Waals surface area contributed by atoms with Gasteiger partial charge in [-0.1, -0.05) is 17.3 Å². The second kappa shape index (κ2) is 7.17. The predicted molar refractivity (Wildman–Crippen MR) is 86.4 cm³/mol. The average molecular weight is 315 g/mol. The summed E-state index contributed by atoms with van der Waals surface area (Å²) < 4.78 is 11.0. The van der Waals surface area contributed by atoms with Crippen LogP contribution in [0.2, 0.25) is 0 Å². The monoisotopic (exact) mass is 315 g/mol. The number of carbonyl (C=O) groups is 1. The maximum Gasteiger partial charge on any atom is 0.319 e. The third-order valence-corrected chi connectivity index (χ3v) is 3.84. The van der Waals surface area contributed by atoms with Crippen LogP contribution in [-0.4, -0.2) is 17.3 Å². The van der Waals surface area contributed by atoms with Crippen LogP contribution in [-0.2, 0) is 6.54 Å². The van der Waals surface area contributed by atoms with E-state index in [1.807, 2.05) is 31.2 Å². The molecule has 122 valence electrons. The standard InChI is InChI=1S/C17H21N3O3/c1-12-10-13(20-23-12)11-18-17(21)19-15-8-4-5-9-16(15)22-14-6-2-3-7-14/h4-5,8-10,14H,2-3,6-7,11H2,1H3,(H2,18,19,21). The summed E-state index contributed by atoms with van der Waals surface area (Å²) in [4.78, 5) is 12.0.